The number of methoxy groups -OCH3 is 1. The lowest BCUT2D eigenvalue weighted by Gasteiger charge is -2.18. The maximum absolute atomic E-state index is 14.4. The van der Waals surface area contributed by atoms with Gasteiger partial charge in [-0.3, -0.25) is 4.57 Å². The molecule has 0 atom stereocenters. The standard InChI is InChI=1S/C27H22ClFN4O2/c1-34-24-8-4-5-18(27(24)35-19-6-2-3-7-19)10-12-26-32-22-13-20(28)21(29)14-23(22)33(26)25-11-9-17(15-30)16-31-25/h4-5,8-14,16,19H,2-3,6-7H2,1H3/b12-10+. The molecule has 6 nitrogen and oxygen atoms in total. The van der Waals surface area contributed by atoms with Crippen LogP contribution in [-0.4, -0.2) is 27.7 Å². The van der Waals surface area contributed by atoms with Crippen molar-refractivity contribution in [1.29, 1.82) is 5.26 Å². The van der Waals surface area contributed by atoms with Gasteiger partial charge >= 0.3 is 0 Å². The Balaban J connectivity index is 1.61. The Morgan fingerprint density at radius 1 is 1.17 bits per heavy atom. The van der Waals surface area contributed by atoms with Crippen molar-refractivity contribution in [2.24, 2.45) is 0 Å². The number of pyridine rings is 1. The zero-order valence-electron chi connectivity index (χ0n) is 19.0. The maximum Gasteiger partial charge on any atom is 0.168 e. The Kier molecular flexibility index (Phi) is 6.39. The van der Waals surface area contributed by atoms with Gasteiger partial charge in [-0.1, -0.05) is 23.7 Å². The molecule has 1 aliphatic carbocycles. The number of ether oxygens (including phenoxy) is 2. The van der Waals surface area contributed by atoms with E-state index in [-0.39, 0.29) is 11.1 Å². The second-order valence-electron chi connectivity index (χ2n) is 8.31. The van der Waals surface area contributed by atoms with Crippen LogP contribution in [0.2, 0.25) is 5.02 Å². The van der Waals surface area contributed by atoms with Gasteiger partial charge in [-0.05, 0) is 62.1 Å². The molecule has 1 aliphatic rings. The SMILES string of the molecule is COc1cccc(/C=C/c2nc3cc(Cl)c(F)cc3n2-c2ccc(C#N)cn2)c1OC1CCCC1. The van der Waals surface area contributed by atoms with Gasteiger partial charge in [0.15, 0.2) is 11.5 Å². The van der Waals surface area contributed by atoms with Gasteiger partial charge in [-0.25, -0.2) is 14.4 Å². The number of halogens is 2. The Bertz CT molecular complexity index is 1450. The molecule has 2 aromatic heterocycles. The van der Waals surface area contributed by atoms with Crippen LogP contribution in [0.25, 0.3) is 29.0 Å². The van der Waals surface area contributed by atoms with Crippen molar-refractivity contribution in [2.75, 3.05) is 7.11 Å². The quantitative estimate of drug-likeness (QED) is 0.306. The van der Waals surface area contributed by atoms with E-state index >= 15 is 0 Å². The van der Waals surface area contributed by atoms with E-state index in [4.69, 9.17) is 26.3 Å². The molecular formula is C27H22ClFN4O2. The molecule has 35 heavy (non-hydrogen) atoms. The fourth-order valence-corrected chi connectivity index (χ4v) is 4.47. The third kappa shape index (κ3) is 4.58. The molecule has 2 aromatic carbocycles. The molecular weight excluding hydrogens is 467 g/mol. The monoisotopic (exact) mass is 488 g/mol. The lowest BCUT2D eigenvalue weighted by molar-refractivity contribution is 0.200. The topological polar surface area (TPSA) is 73.0 Å². The first-order chi connectivity index (χ1) is 17.1. The summed E-state index contributed by atoms with van der Waals surface area (Å²) in [7, 11) is 1.62. The molecule has 0 radical (unpaired) electrons. The van der Waals surface area contributed by atoms with Crippen LogP contribution in [0.15, 0.2) is 48.7 Å². The third-order valence-corrected chi connectivity index (χ3v) is 6.35. The Morgan fingerprint density at radius 2 is 2.00 bits per heavy atom. The second kappa shape index (κ2) is 9.77. The minimum absolute atomic E-state index is 0.00878. The van der Waals surface area contributed by atoms with Crippen molar-refractivity contribution in [1.82, 2.24) is 14.5 Å². The van der Waals surface area contributed by atoms with Crippen molar-refractivity contribution in [3.8, 4) is 23.4 Å². The molecule has 4 aromatic rings. The highest BCUT2D eigenvalue weighted by atomic mass is 35.5. The number of fused-ring (bicyclic) bond motifs is 1. The van der Waals surface area contributed by atoms with Gasteiger partial charge in [-0.15, -0.1) is 0 Å². The van der Waals surface area contributed by atoms with Gasteiger partial charge in [0.05, 0.1) is 34.8 Å². The normalized spacial score (nSPS) is 14.0. The fraction of sp³-hybridized carbons (Fsp3) is 0.222. The van der Waals surface area contributed by atoms with Crippen LogP contribution in [-0.2, 0) is 0 Å². The fourth-order valence-electron chi connectivity index (χ4n) is 4.32. The first-order valence-corrected chi connectivity index (χ1v) is 11.7. The number of nitrogens with zero attached hydrogens (tertiary/aromatic N) is 4. The summed E-state index contributed by atoms with van der Waals surface area (Å²) in [6.07, 6.45) is 9.71. The molecule has 0 saturated heterocycles. The van der Waals surface area contributed by atoms with Crippen LogP contribution >= 0.6 is 11.6 Å². The summed E-state index contributed by atoms with van der Waals surface area (Å²) in [6.45, 7) is 0. The van der Waals surface area contributed by atoms with E-state index in [0.29, 0.717) is 39.7 Å². The number of hydrogen-bond acceptors (Lipinski definition) is 5. The van der Waals surface area contributed by atoms with E-state index < -0.39 is 5.82 Å². The number of nitriles is 1. The van der Waals surface area contributed by atoms with Crippen molar-refractivity contribution in [3.63, 3.8) is 0 Å². The van der Waals surface area contributed by atoms with Crippen molar-refractivity contribution in [2.45, 2.75) is 31.8 Å². The minimum atomic E-state index is -0.551. The van der Waals surface area contributed by atoms with E-state index in [1.807, 2.05) is 30.4 Å². The van der Waals surface area contributed by atoms with Crippen molar-refractivity contribution in [3.05, 3.63) is 76.5 Å². The molecule has 1 saturated carbocycles. The van der Waals surface area contributed by atoms with Crippen LogP contribution in [0, 0.1) is 17.1 Å². The number of imidazole rings is 1. The van der Waals surface area contributed by atoms with Gasteiger partial charge in [0, 0.05) is 17.8 Å². The third-order valence-electron chi connectivity index (χ3n) is 6.06. The predicted molar refractivity (Wildman–Crippen MR) is 133 cm³/mol. The van der Waals surface area contributed by atoms with Gasteiger partial charge in [-0.2, -0.15) is 5.26 Å². The molecule has 5 rings (SSSR count). The maximum atomic E-state index is 14.4. The minimum Gasteiger partial charge on any atom is -0.493 e. The van der Waals surface area contributed by atoms with Gasteiger partial charge in [0.25, 0.3) is 0 Å². The van der Waals surface area contributed by atoms with Gasteiger partial charge < -0.3 is 9.47 Å². The van der Waals surface area contributed by atoms with Crippen LogP contribution in [0.4, 0.5) is 4.39 Å². The van der Waals surface area contributed by atoms with E-state index in [1.54, 1.807) is 23.8 Å². The number of aromatic nitrogens is 3. The lowest BCUT2D eigenvalue weighted by atomic mass is 10.1. The number of rotatable bonds is 6. The smallest absolute Gasteiger partial charge is 0.168 e. The Morgan fingerprint density at radius 3 is 2.71 bits per heavy atom. The van der Waals surface area contributed by atoms with Crippen LogP contribution in [0.3, 0.4) is 0 Å². The highest BCUT2D eigenvalue weighted by Gasteiger charge is 2.20. The molecule has 0 bridgehead atoms. The van der Waals surface area contributed by atoms with Crippen LogP contribution in [0.5, 0.6) is 11.5 Å². The van der Waals surface area contributed by atoms with Crippen molar-refractivity contribution < 1.29 is 13.9 Å². The highest BCUT2D eigenvalue weighted by molar-refractivity contribution is 6.31. The van der Waals surface area contributed by atoms with Crippen molar-refractivity contribution >= 4 is 34.8 Å². The Labute approximate surface area is 207 Å². The lowest BCUT2D eigenvalue weighted by Crippen LogP contribution is -2.12. The zero-order valence-corrected chi connectivity index (χ0v) is 19.8. The van der Waals surface area contributed by atoms with Crippen LogP contribution < -0.4 is 9.47 Å². The molecule has 8 heteroatoms. The largest absolute Gasteiger partial charge is 0.493 e. The second-order valence-corrected chi connectivity index (χ2v) is 8.72. The molecule has 0 N–H and O–H groups in total. The predicted octanol–water partition coefficient (Wildman–Crippen LogP) is 6.59. The first kappa shape index (κ1) is 22.9. The van der Waals surface area contributed by atoms with Gasteiger partial charge in [0.1, 0.15) is 23.5 Å². The summed E-state index contributed by atoms with van der Waals surface area (Å²) >= 11 is 6.02. The van der Waals surface area contributed by atoms with E-state index in [1.165, 1.54) is 18.3 Å². The number of para-hydroxylation sites is 1. The molecule has 1 fully saturated rings. The molecule has 0 spiro atoms. The molecule has 0 aliphatic heterocycles. The first-order valence-electron chi connectivity index (χ1n) is 11.3. The molecule has 0 unspecified atom stereocenters. The van der Waals surface area contributed by atoms with Gasteiger partial charge in [0.2, 0.25) is 0 Å². The molecule has 2 heterocycles. The Hall–Kier alpha value is -3.89. The summed E-state index contributed by atoms with van der Waals surface area (Å²) < 4.78 is 28.0. The van der Waals surface area contributed by atoms with E-state index in [2.05, 4.69) is 16.0 Å². The van der Waals surface area contributed by atoms with E-state index in [0.717, 1.165) is 31.2 Å². The average molecular weight is 489 g/mol. The summed E-state index contributed by atoms with van der Waals surface area (Å²) in [5.41, 5.74) is 2.30. The number of benzene rings is 2. The zero-order chi connectivity index (χ0) is 24.4. The van der Waals surface area contributed by atoms with Crippen LogP contribution in [0.1, 0.15) is 42.6 Å². The summed E-state index contributed by atoms with van der Waals surface area (Å²) in [5.74, 6) is 1.82. The summed E-state index contributed by atoms with van der Waals surface area (Å²) in [6, 6.07) is 14.0. The highest BCUT2D eigenvalue weighted by Crippen LogP contribution is 2.36. The summed E-state index contributed by atoms with van der Waals surface area (Å²) in [5, 5.41) is 9.12. The number of hydrogen-bond donors (Lipinski definition) is 0. The molecule has 0 amide bonds. The molecule has 176 valence electrons. The summed E-state index contributed by atoms with van der Waals surface area (Å²) in [4.78, 5) is 9.06. The van der Waals surface area contributed by atoms with E-state index in [9.17, 15) is 4.39 Å². The average Bonchev–Trinajstić information content (AvgIpc) is 3.51.